The lowest BCUT2D eigenvalue weighted by Gasteiger charge is -2.27. The van der Waals surface area contributed by atoms with Crippen LogP contribution < -0.4 is 10.6 Å². The van der Waals surface area contributed by atoms with Gasteiger partial charge in [-0.25, -0.2) is 9.59 Å². The highest BCUT2D eigenvalue weighted by Crippen LogP contribution is 2.24. The van der Waals surface area contributed by atoms with Crippen LogP contribution in [0.5, 0.6) is 0 Å². The van der Waals surface area contributed by atoms with Gasteiger partial charge in [0.1, 0.15) is 19.3 Å². The zero-order chi connectivity index (χ0) is 38.6. The summed E-state index contributed by atoms with van der Waals surface area (Å²) in [5.74, 6) is -2.69. The summed E-state index contributed by atoms with van der Waals surface area (Å²) >= 11 is 0.798. The van der Waals surface area contributed by atoms with Crippen LogP contribution in [-0.2, 0) is 28.6 Å². The molecule has 0 aliphatic rings. The van der Waals surface area contributed by atoms with Gasteiger partial charge in [0.05, 0.1) is 11.4 Å². The Labute approximate surface area is 319 Å². The van der Waals surface area contributed by atoms with Gasteiger partial charge in [0.2, 0.25) is 12.0 Å². The van der Waals surface area contributed by atoms with Crippen molar-refractivity contribution >= 4 is 35.7 Å². The first kappa shape index (κ1) is 45.1. The molecule has 0 saturated heterocycles. The Hall–Kier alpha value is -4.03. The number of hydrogen-bond acceptors (Lipinski definition) is 10. The minimum absolute atomic E-state index is 0.138. The first-order chi connectivity index (χ1) is 25.7. The number of allylic oxidation sites excluding steroid dienone is 2. The smallest absolute Gasteiger partial charge is 0.350 e. The fourth-order valence-corrected chi connectivity index (χ4v) is 5.73. The van der Waals surface area contributed by atoms with Crippen LogP contribution in [0.4, 0.5) is 0 Å². The Bertz CT molecular complexity index is 1370. The number of amides is 2. The number of hydrogen-bond donors (Lipinski definition) is 2. The normalized spacial score (nSPS) is 12.5. The minimum Gasteiger partial charge on any atom is -0.463 e. The molecule has 292 valence electrons. The van der Waals surface area contributed by atoms with Crippen molar-refractivity contribution < 1.29 is 33.4 Å². The third-order valence-electron chi connectivity index (χ3n) is 8.35. The summed E-state index contributed by atoms with van der Waals surface area (Å²) in [6, 6.07) is 16.2. The van der Waals surface area contributed by atoms with Crippen molar-refractivity contribution in [1.82, 2.24) is 10.6 Å². The number of nitroso groups, excluding NO2 is 1. The fourth-order valence-electron chi connectivity index (χ4n) is 5.39. The maximum absolute atomic E-state index is 13.6. The first-order valence-electron chi connectivity index (χ1n) is 18.9. The van der Waals surface area contributed by atoms with Crippen LogP contribution in [-0.4, -0.2) is 61.0 Å². The van der Waals surface area contributed by atoms with Crippen molar-refractivity contribution in [1.29, 1.82) is 0 Å². The molecule has 0 heterocycles. The summed E-state index contributed by atoms with van der Waals surface area (Å²) in [6.07, 6.45) is 17.8. The molecule has 2 rings (SSSR count). The van der Waals surface area contributed by atoms with Crippen molar-refractivity contribution in [3.63, 3.8) is 0 Å². The summed E-state index contributed by atoms with van der Waals surface area (Å²) < 4.78 is 18.7. The van der Waals surface area contributed by atoms with E-state index in [-0.39, 0.29) is 13.2 Å². The average Bonchev–Trinajstić information content (AvgIpc) is 3.15. The summed E-state index contributed by atoms with van der Waals surface area (Å²) in [7, 11) is 0. The highest BCUT2D eigenvalue weighted by atomic mass is 32.2. The van der Waals surface area contributed by atoms with Gasteiger partial charge in [0.25, 0.3) is 5.91 Å². The van der Waals surface area contributed by atoms with E-state index in [1.807, 2.05) is 0 Å². The van der Waals surface area contributed by atoms with Gasteiger partial charge in [0, 0.05) is 28.6 Å². The maximum atomic E-state index is 13.6. The van der Waals surface area contributed by atoms with E-state index in [4.69, 9.17) is 14.2 Å². The van der Waals surface area contributed by atoms with Gasteiger partial charge in [-0.3, -0.25) is 9.59 Å². The van der Waals surface area contributed by atoms with Crippen LogP contribution >= 0.6 is 11.9 Å². The largest absolute Gasteiger partial charge is 0.463 e. The second-order valence-corrected chi connectivity index (χ2v) is 15.0. The standard InChI is InChI=1S/C41H59N3O8S/c1-4-5-6-7-8-9-10-11-12-13-14-15-16-17-24-29-51-40(48)38(52-36(46)31-50-30-35(45)42-32-41(2,3)53-44-49)37(33-25-20-18-21-26-33)43-39(47)34-27-22-19-23-28-34/h6-7,18-23,25-28,37-38H,4-5,8-17,24,29-32H2,1-3H3,(H,42,45)(H,43,47)/t37-,38+/m0/s1. The third-order valence-corrected chi connectivity index (χ3v) is 9.07. The summed E-state index contributed by atoms with van der Waals surface area (Å²) in [5.41, 5.74) is 0.892. The lowest BCUT2D eigenvalue weighted by Crippen LogP contribution is -2.44. The molecule has 2 aromatic carbocycles. The van der Waals surface area contributed by atoms with E-state index in [0.29, 0.717) is 17.5 Å². The van der Waals surface area contributed by atoms with Gasteiger partial charge in [-0.2, -0.15) is 0 Å². The molecule has 0 saturated carbocycles. The molecular weight excluding hydrogens is 695 g/mol. The monoisotopic (exact) mass is 753 g/mol. The molecule has 0 aliphatic heterocycles. The number of carbonyl (C=O) groups excluding carboxylic acids is 4. The zero-order valence-corrected chi connectivity index (χ0v) is 32.5. The minimum atomic E-state index is -1.53. The van der Waals surface area contributed by atoms with E-state index in [9.17, 15) is 24.1 Å². The Kier molecular flexibility index (Phi) is 23.5. The van der Waals surface area contributed by atoms with Crippen molar-refractivity contribution in [2.24, 2.45) is 4.58 Å². The second-order valence-electron chi connectivity index (χ2n) is 13.6. The van der Waals surface area contributed by atoms with Gasteiger partial charge in [0.15, 0.2) is 0 Å². The van der Waals surface area contributed by atoms with Gasteiger partial charge in [-0.15, -0.1) is 4.91 Å². The molecule has 2 aromatic rings. The lowest BCUT2D eigenvalue weighted by atomic mass is 10.0. The molecule has 0 aromatic heterocycles. The topological polar surface area (TPSA) is 149 Å². The average molecular weight is 754 g/mol. The molecule has 0 bridgehead atoms. The Balaban J connectivity index is 1.93. The molecule has 53 heavy (non-hydrogen) atoms. The highest BCUT2D eigenvalue weighted by molar-refractivity contribution is 7.99. The molecule has 0 radical (unpaired) electrons. The molecule has 11 nitrogen and oxygen atoms in total. The van der Waals surface area contributed by atoms with E-state index >= 15 is 0 Å². The predicted molar refractivity (Wildman–Crippen MR) is 210 cm³/mol. The summed E-state index contributed by atoms with van der Waals surface area (Å²) in [6.45, 7) is 4.90. The predicted octanol–water partition coefficient (Wildman–Crippen LogP) is 8.59. The van der Waals surface area contributed by atoms with E-state index in [0.717, 1.165) is 31.2 Å². The number of nitrogens with one attached hydrogen (secondary N) is 2. The number of nitrogens with zero attached hydrogens (tertiary/aromatic N) is 1. The number of esters is 2. The maximum Gasteiger partial charge on any atom is 0.350 e. The van der Waals surface area contributed by atoms with Gasteiger partial charge in [-0.1, -0.05) is 125 Å². The van der Waals surface area contributed by atoms with Crippen molar-refractivity contribution in [3.8, 4) is 0 Å². The molecule has 0 fully saturated rings. The van der Waals surface area contributed by atoms with E-state index in [2.05, 4.69) is 34.3 Å². The van der Waals surface area contributed by atoms with Crippen LogP contribution in [0.15, 0.2) is 77.4 Å². The Morgan fingerprint density at radius 1 is 0.792 bits per heavy atom. The summed E-state index contributed by atoms with van der Waals surface area (Å²) in [4.78, 5) is 62.7. The first-order valence-corrected chi connectivity index (χ1v) is 19.7. The Morgan fingerprint density at radius 2 is 1.38 bits per heavy atom. The number of ether oxygens (including phenoxy) is 3. The molecule has 0 unspecified atom stereocenters. The number of benzene rings is 2. The molecule has 2 amide bonds. The number of unbranched alkanes of at least 4 members (excludes halogenated alkanes) is 11. The molecule has 2 N–H and O–H groups in total. The number of carbonyl (C=O) groups is 4. The van der Waals surface area contributed by atoms with Gasteiger partial charge >= 0.3 is 11.9 Å². The zero-order valence-electron chi connectivity index (χ0n) is 31.7. The Morgan fingerprint density at radius 3 is 2.00 bits per heavy atom. The van der Waals surface area contributed by atoms with Gasteiger partial charge < -0.3 is 24.8 Å². The van der Waals surface area contributed by atoms with Crippen LogP contribution in [0.1, 0.15) is 126 Å². The van der Waals surface area contributed by atoms with Crippen LogP contribution in [0.2, 0.25) is 0 Å². The van der Waals surface area contributed by atoms with Crippen molar-refractivity contribution in [2.75, 3.05) is 26.4 Å². The van der Waals surface area contributed by atoms with Crippen LogP contribution in [0.25, 0.3) is 0 Å². The van der Waals surface area contributed by atoms with Crippen LogP contribution in [0.3, 0.4) is 0 Å². The number of rotatable bonds is 29. The quantitative estimate of drug-likeness (QED) is 0.0274. The summed E-state index contributed by atoms with van der Waals surface area (Å²) in [5, 5.41) is 5.47. The fraction of sp³-hybridized carbons (Fsp3) is 0.561. The third kappa shape index (κ3) is 20.7. The van der Waals surface area contributed by atoms with Crippen molar-refractivity contribution in [3.05, 3.63) is 88.8 Å². The van der Waals surface area contributed by atoms with E-state index in [1.165, 1.54) is 57.8 Å². The highest BCUT2D eigenvalue weighted by Gasteiger charge is 2.36. The molecule has 12 heteroatoms. The van der Waals surface area contributed by atoms with Gasteiger partial charge in [-0.05, 0) is 57.2 Å². The molecule has 0 spiro atoms. The molecule has 0 aliphatic carbocycles. The lowest BCUT2D eigenvalue weighted by molar-refractivity contribution is -0.173. The van der Waals surface area contributed by atoms with E-state index in [1.54, 1.807) is 74.5 Å². The van der Waals surface area contributed by atoms with Crippen molar-refractivity contribution in [2.45, 2.75) is 121 Å². The van der Waals surface area contributed by atoms with Crippen LogP contribution in [0, 0.1) is 4.91 Å². The molecular formula is C41H59N3O8S. The second kappa shape index (κ2) is 27.6. The SMILES string of the molecule is CCCC=CCCCCCCCCCCCCOC(=O)[C@H](OC(=O)COCC(=O)NCC(C)(C)SN=O)[C@@H](NC(=O)c1ccccc1)c1ccccc1. The molecule has 2 atom stereocenters. The van der Waals surface area contributed by atoms with E-state index < -0.39 is 53.9 Å².